The first-order valence-electron chi connectivity index (χ1n) is 7.18. The van der Waals surface area contributed by atoms with Crippen LogP contribution in [0.25, 0.3) is 0 Å². The van der Waals surface area contributed by atoms with Crippen LogP contribution in [0, 0.1) is 11.8 Å². The number of nitrogens with two attached hydrogens (primary N) is 1. The van der Waals surface area contributed by atoms with Crippen molar-refractivity contribution in [1.82, 2.24) is 4.90 Å². The lowest BCUT2D eigenvalue weighted by molar-refractivity contribution is 0.117. The third-order valence-corrected chi connectivity index (χ3v) is 4.28. The molecule has 0 amide bonds. The van der Waals surface area contributed by atoms with Gasteiger partial charge in [-0.2, -0.15) is 0 Å². The van der Waals surface area contributed by atoms with Crippen molar-refractivity contribution in [1.29, 1.82) is 0 Å². The van der Waals surface area contributed by atoms with Crippen LogP contribution in [0.15, 0.2) is 0 Å². The summed E-state index contributed by atoms with van der Waals surface area (Å²) >= 11 is 0. The summed E-state index contributed by atoms with van der Waals surface area (Å²) in [6.07, 6.45) is 5.18. The number of likely N-dealkylation sites (N-methyl/N-ethyl adjacent to an activating group) is 1. The third-order valence-electron chi connectivity index (χ3n) is 4.28. The fraction of sp³-hybridized carbons (Fsp3) is 1.00. The summed E-state index contributed by atoms with van der Waals surface area (Å²) in [4.78, 5) is 2.48. The molecule has 0 aliphatic heterocycles. The number of hydrogen-bond acceptors (Lipinski definition) is 3. The molecule has 0 heterocycles. The summed E-state index contributed by atoms with van der Waals surface area (Å²) in [6.45, 7) is 8.64. The molecule has 3 unspecified atom stereocenters. The maximum atomic E-state index is 6.27. The molecule has 0 aromatic rings. The molecule has 1 saturated carbocycles. The second kappa shape index (κ2) is 8.06. The van der Waals surface area contributed by atoms with Gasteiger partial charge < -0.3 is 15.4 Å². The van der Waals surface area contributed by atoms with E-state index in [0.717, 1.165) is 32.2 Å². The van der Waals surface area contributed by atoms with Gasteiger partial charge in [-0.3, -0.25) is 0 Å². The zero-order chi connectivity index (χ0) is 12.7. The zero-order valence-electron chi connectivity index (χ0n) is 11.8. The lowest BCUT2D eigenvalue weighted by Gasteiger charge is -2.36. The number of methoxy groups -OCH3 is 1. The van der Waals surface area contributed by atoms with Gasteiger partial charge in [-0.25, -0.2) is 0 Å². The van der Waals surface area contributed by atoms with E-state index < -0.39 is 0 Å². The van der Waals surface area contributed by atoms with Crippen molar-refractivity contribution >= 4 is 0 Å². The average molecular weight is 242 g/mol. The highest BCUT2D eigenvalue weighted by Gasteiger charge is 2.28. The molecule has 0 aromatic carbocycles. The Morgan fingerprint density at radius 2 is 2.06 bits per heavy atom. The first-order chi connectivity index (χ1) is 8.21. The number of ether oxygens (including phenoxy) is 1. The van der Waals surface area contributed by atoms with Crippen molar-refractivity contribution in [3.8, 4) is 0 Å². The molecular weight excluding hydrogens is 212 g/mol. The minimum Gasteiger partial charge on any atom is -0.383 e. The van der Waals surface area contributed by atoms with E-state index in [9.17, 15) is 0 Å². The largest absolute Gasteiger partial charge is 0.383 e. The van der Waals surface area contributed by atoms with Crippen molar-refractivity contribution in [2.45, 2.75) is 45.6 Å². The van der Waals surface area contributed by atoms with Gasteiger partial charge in [0, 0.05) is 26.2 Å². The van der Waals surface area contributed by atoms with E-state index in [0.29, 0.717) is 12.0 Å². The molecular formula is C14H30N2O. The van der Waals surface area contributed by atoms with Crippen molar-refractivity contribution in [3.63, 3.8) is 0 Å². The van der Waals surface area contributed by atoms with Crippen molar-refractivity contribution in [3.05, 3.63) is 0 Å². The van der Waals surface area contributed by atoms with E-state index in [2.05, 4.69) is 18.7 Å². The Kier molecular flexibility index (Phi) is 7.09. The zero-order valence-corrected chi connectivity index (χ0v) is 11.8. The maximum Gasteiger partial charge on any atom is 0.0589 e. The lowest BCUT2D eigenvalue weighted by atomic mass is 9.77. The van der Waals surface area contributed by atoms with E-state index in [1.165, 1.54) is 25.7 Å². The molecule has 102 valence electrons. The smallest absolute Gasteiger partial charge is 0.0589 e. The Bertz CT molecular complexity index is 199. The fourth-order valence-electron chi connectivity index (χ4n) is 2.90. The monoisotopic (exact) mass is 242 g/mol. The van der Waals surface area contributed by atoms with E-state index in [1.54, 1.807) is 7.11 Å². The van der Waals surface area contributed by atoms with Crippen molar-refractivity contribution < 1.29 is 4.74 Å². The first-order valence-corrected chi connectivity index (χ1v) is 7.18. The molecule has 17 heavy (non-hydrogen) atoms. The van der Waals surface area contributed by atoms with Crippen molar-refractivity contribution in [2.75, 3.05) is 33.4 Å². The van der Waals surface area contributed by atoms with Gasteiger partial charge in [0.05, 0.1) is 6.61 Å². The Labute approximate surface area is 107 Å². The maximum absolute atomic E-state index is 6.27. The highest BCUT2D eigenvalue weighted by atomic mass is 16.5. The summed E-state index contributed by atoms with van der Waals surface area (Å²) < 4.78 is 5.16. The summed E-state index contributed by atoms with van der Waals surface area (Å²) in [7, 11) is 1.77. The molecule has 0 saturated heterocycles. The first kappa shape index (κ1) is 14.9. The minimum absolute atomic E-state index is 0.411. The lowest BCUT2D eigenvalue weighted by Crippen LogP contribution is -2.43. The van der Waals surface area contributed by atoms with Crippen LogP contribution < -0.4 is 5.73 Å². The van der Waals surface area contributed by atoms with Crippen LogP contribution in [0.4, 0.5) is 0 Å². The normalized spacial score (nSPS) is 29.8. The van der Waals surface area contributed by atoms with Gasteiger partial charge in [0.15, 0.2) is 0 Å². The molecule has 1 aliphatic carbocycles. The third kappa shape index (κ3) is 4.94. The van der Waals surface area contributed by atoms with Gasteiger partial charge in [-0.1, -0.05) is 20.3 Å². The molecule has 0 bridgehead atoms. The molecule has 3 nitrogen and oxygen atoms in total. The average Bonchev–Trinajstić information content (AvgIpc) is 2.36. The number of nitrogens with zero attached hydrogens (tertiary/aromatic N) is 1. The molecule has 1 aliphatic rings. The van der Waals surface area contributed by atoms with Gasteiger partial charge in [-0.05, 0) is 37.6 Å². The Morgan fingerprint density at radius 3 is 2.65 bits per heavy atom. The van der Waals surface area contributed by atoms with Crippen LogP contribution in [-0.2, 0) is 4.74 Å². The van der Waals surface area contributed by atoms with Crippen LogP contribution in [0.1, 0.15) is 39.5 Å². The fourth-order valence-corrected chi connectivity index (χ4v) is 2.90. The van der Waals surface area contributed by atoms with E-state index >= 15 is 0 Å². The standard InChI is InChI=1S/C14H30N2O/c1-4-12-6-7-14(15)13(10-12)11-16(5-2)8-9-17-3/h12-14H,4-11,15H2,1-3H3. The SMILES string of the molecule is CCC1CCC(N)C(CN(CC)CCOC)C1. The van der Waals surface area contributed by atoms with Crippen LogP contribution in [-0.4, -0.2) is 44.3 Å². The molecule has 3 heteroatoms. The van der Waals surface area contributed by atoms with Gasteiger partial charge in [-0.15, -0.1) is 0 Å². The molecule has 3 atom stereocenters. The quantitative estimate of drug-likeness (QED) is 0.743. The van der Waals surface area contributed by atoms with E-state index in [1.807, 2.05) is 0 Å². The summed E-state index contributed by atoms with van der Waals surface area (Å²) in [5.74, 6) is 1.59. The second-order valence-corrected chi connectivity index (χ2v) is 5.40. The second-order valence-electron chi connectivity index (χ2n) is 5.40. The summed E-state index contributed by atoms with van der Waals surface area (Å²) in [6, 6.07) is 0.411. The minimum atomic E-state index is 0.411. The Balaban J connectivity index is 2.40. The van der Waals surface area contributed by atoms with Gasteiger partial charge in [0.2, 0.25) is 0 Å². The van der Waals surface area contributed by atoms with Gasteiger partial charge in [0.1, 0.15) is 0 Å². The summed E-state index contributed by atoms with van der Waals surface area (Å²) in [5, 5.41) is 0. The Morgan fingerprint density at radius 1 is 1.29 bits per heavy atom. The molecule has 1 rings (SSSR count). The van der Waals surface area contributed by atoms with Gasteiger partial charge in [0.25, 0.3) is 0 Å². The van der Waals surface area contributed by atoms with Crippen LogP contribution >= 0.6 is 0 Å². The molecule has 2 N–H and O–H groups in total. The highest BCUT2D eigenvalue weighted by Crippen LogP contribution is 2.30. The van der Waals surface area contributed by atoms with E-state index in [4.69, 9.17) is 10.5 Å². The molecule has 0 radical (unpaired) electrons. The molecule has 0 spiro atoms. The number of hydrogen-bond donors (Lipinski definition) is 1. The van der Waals surface area contributed by atoms with Crippen LogP contribution in [0.2, 0.25) is 0 Å². The Hall–Kier alpha value is -0.120. The molecule has 1 fully saturated rings. The van der Waals surface area contributed by atoms with E-state index in [-0.39, 0.29) is 0 Å². The van der Waals surface area contributed by atoms with Crippen molar-refractivity contribution in [2.24, 2.45) is 17.6 Å². The van der Waals surface area contributed by atoms with Gasteiger partial charge >= 0.3 is 0 Å². The predicted octanol–water partition coefficient (Wildman–Crippen LogP) is 2.11. The summed E-state index contributed by atoms with van der Waals surface area (Å²) in [5.41, 5.74) is 6.27. The van der Waals surface area contributed by atoms with Crippen LogP contribution in [0.5, 0.6) is 0 Å². The predicted molar refractivity (Wildman–Crippen MR) is 73.1 cm³/mol. The topological polar surface area (TPSA) is 38.5 Å². The molecule has 0 aromatic heterocycles. The van der Waals surface area contributed by atoms with Crippen LogP contribution in [0.3, 0.4) is 0 Å². The number of rotatable bonds is 7. The highest BCUT2D eigenvalue weighted by molar-refractivity contribution is 4.84.